The first-order valence-electron chi connectivity index (χ1n) is 11.1. The molecule has 6 N–H and O–H groups in total. The van der Waals surface area contributed by atoms with Gasteiger partial charge >= 0.3 is 0 Å². The van der Waals surface area contributed by atoms with Crippen molar-refractivity contribution in [1.82, 2.24) is 15.3 Å². The molecule has 2 amide bonds. The number of primary amides is 1. The Hall–Kier alpha value is -2.68. The molecule has 1 aliphatic carbocycles. The Balaban J connectivity index is 1.57. The highest BCUT2D eigenvalue weighted by molar-refractivity contribution is 7.17. The van der Waals surface area contributed by atoms with Crippen LogP contribution in [0.1, 0.15) is 52.8 Å². The summed E-state index contributed by atoms with van der Waals surface area (Å²) < 4.78 is 0. The van der Waals surface area contributed by atoms with Gasteiger partial charge in [-0.25, -0.2) is 4.98 Å². The summed E-state index contributed by atoms with van der Waals surface area (Å²) in [5.74, 6) is 0.615. The molecule has 1 fully saturated rings. The van der Waals surface area contributed by atoms with Gasteiger partial charge in [-0.2, -0.15) is 0 Å². The van der Waals surface area contributed by atoms with Gasteiger partial charge in [-0.1, -0.05) is 41.9 Å². The van der Waals surface area contributed by atoms with Crippen LogP contribution < -0.4 is 16.8 Å². The van der Waals surface area contributed by atoms with Gasteiger partial charge in [0.1, 0.15) is 16.7 Å². The summed E-state index contributed by atoms with van der Waals surface area (Å²) >= 11 is 7.72. The summed E-state index contributed by atoms with van der Waals surface area (Å²) in [6.07, 6.45) is 4.23. The predicted octanol–water partition coefficient (Wildman–Crippen LogP) is 4.06. The highest BCUT2D eigenvalue weighted by Gasteiger charge is 2.29. The third-order valence-electron chi connectivity index (χ3n) is 6.24. The molecule has 174 valence electrons. The normalized spacial score (nSPS) is 19.2. The van der Waals surface area contributed by atoms with Gasteiger partial charge in [0, 0.05) is 5.92 Å². The number of aromatic amines is 1. The van der Waals surface area contributed by atoms with Gasteiger partial charge < -0.3 is 21.8 Å². The molecule has 9 heteroatoms. The van der Waals surface area contributed by atoms with Gasteiger partial charge in [0.2, 0.25) is 5.91 Å². The fraction of sp³-hybridized carbons (Fsp3) is 0.375. The van der Waals surface area contributed by atoms with Crippen LogP contribution >= 0.6 is 22.9 Å². The number of aromatic nitrogens is 2. The molecule has 1 aromatic carbocycles. The number of nitrogens with one attached hydrogen (secondary N) is 2. The van der Waals surface area contributed by atoms with Crippen LogP contribution in [0.15, 0.2) is 42.5 Å². The monoisotopic (exact) mass is 485 g/mol. The second-order valence-electron chi connectivity index (χ2n) is 8.52. The molecule has 1 unspecified atom stereocenters. The molecule has 1 atom stereocenters. The topological polar surface area (TPSA) is 127 Å². The van der Waals surface area contributed by atoms with Crippen molar-refractivity contribution in [3.63, 3.8) is 0 Å². The summed E-state index contributed by atoms with van der Waals surface area (Å²) in [5.41, 5.74) is 12.8. The fourth-order valence-corrected chi connectivity index (χ4v) is 5.46. The smallest absolute Gasteiger partial charge is 0.258 e. The van der Waals surface area contributed by atoms with E-state index in [0.717, 1.165) is 36.1 Å². The van der Waals surface area contributed by atoms with Gasteiger partial charge in [0.05, 0.1) is 15.8 Å². The Labute approximate surface area is 201 Å². The lowest BCUT2D eigenvalue weighted by molar-refractivity contribution is -0.127. The van der Waals surface area contributed by atoms with E-state index in [1.807, 2.05) is 30.3 Å². The second-order valence-corrected chi connectivity index (χ2v) is 9.98. The minimum Gasteiger partial charge on any atom is -0.365 e. The number of carbonyl (C=O) groups excluding carboxylic acids is 2. The molecule has 1 aliphatic rings. The van der Waals surface area contributed by atoms with Crippen molar-refractivity contribution >= 4 is 34.8 Å². The van der Waals surface area contributed by atoms with Crippen molar-refractivity contribution < 1.29 is 9.59 Å². The molecule has 7 nitrogen and oxygen atoms in total. The van der Waals surface area contributed by atoms with E-state index in [1.165, 1.54) is 11.3 Å². The number of nitrogens with zero attached hydrogens (tertiary/aromatic N) is 1. The van der Waals surface area contributed by atoms with E-state index in [9.17, 15) is 9.59 Å². The lowest BCUT2D eigenvalue weighted by atomic mass is 9.81. The maximum Gasteiger partial charge on any atom is 0.258 e. The number of hydrogen-bond acceptors (Lipinski definition) is 5. The number of halogens is 1. The average molecular weight is 486 g/mol. The van der Waals surface area contributed by atoms with Crippen molar-refractivity contribution in [1.29, 1.82) is 0 Å². The maximum atomic E-state index is 13.1. The molecular weight excluding hydrogens is 458 g/mol. The summed E-state index contributed by atoms with van der Waals surface area (Å²) in [7, 11) is 0. The summed E-state index contributed by atoms with van der Waals surface area (Å²) in [6.45, 7) is 0.679. The lowest BCUT2D eigenvalue weighted by Crippen LogP contribution is -2.37. The third-order valence-corrected chi connectivity index (χ3v) is 7.62. The zero-order valence-electron chi connectivity index (χ0n) is 18.2. The van der Waals surface area contributed by atoms with Crippen LogP contribution in [0.5, 0.6) is 0 Å². The molecule has 4 rings (SSSR count). The molecular formula is C24H28ClN5O2S. The number of hydrogen-bond donors (Lipinski definition) is 4. The maximum absolute atomic E-state index is 13.1. The zero-order valence-corrected chi connectivity index (χ0v) is 19.8. The van der Waals surface area contributed by atoms with Crippen molar-refractivity contribution in [2.45, 2.75) is 38.1 Å². The lowest BCUT2D eigenvalue weighted by Gasteiger charge is -2.28. The molecule has 0 aliphatic heterocycles. The first-order chi connectivity index (χ1) is 15.9. The number of carbonyl (C=O) groups is 2. The highest BCUT2D eigenvalue weighted by atomic mass is 35.5. The van der Waals surface area contributed by atoms with Crippen LogP contribution in [0.2, 0.25) is 5.15 Å². The Bertz CT molecular complexity index is 1110. The number of thiophene rings is 1. The van der Waals surface area contributed by atoms with E-state index >= 15 is 0 Å². The Kier molecular flexibility index (Phi) is 7.47. The molecule has 0 spiro atoms. The first-order valence-corrected chi connectivity index (χ1v) is 12.3. The number of nitrogens with two attached hydrogens (primary N) is 2. The van der Waals surface area contributed by atoms with E-state index in [0.29, 0.717) is 40.4 Å². The molecule has 2 heterocycles. The standard InChI is InChI=1S/C24H28ClN5O2S/c25-21-20(18-10-11-19(33-18)22(27)31)29-23(30-21)17(12-14-4-2-1-3-5-14)28-24(32)16-8-6-15(13-26)7-9-16/h1-5,10-11,15-17H,6-9,12-13,26H2,(H2,27,31)(H,28,32)(H,29,30)/t15-,16-,17?. The molecule has 0 radical (unpaired) electrons. The predicted molar refractivity (Wildman–Crippen MR) is 131 cm³/mol. The Morgan fingerprint density at radius 1 is 1.15 bits per heavy atom. The summed E-state index contributed by atoms with van der Waals surface area (Å²) in [6, 6.07) is 13.0. The number of amides is 2. The van der Waals surface area contributed by atoms with E-state index < -0.39 is 5.91 Å². The van der Waals surface area contributed by atoms with Gasteiger partial charge in [-0.15, -0.1) is 11.3 Å². The summed E-state index contributed by atoms with van der Waals surface area (Å²) in [4.78, 5) is 33.6. The zero-order chi connectivity index (χ0) is 23.4. The Morgan fingerprint density at radius 2 is 1.88 bits per heavy atom. The highest BCUT2D eigenvalue weighted by Crippen LogP contribution is 2.34. The van der Waals surface area contributed by atoms with Crippen molar-refractivity contribution in [3.05, 3.63) is 63.9 Å². The molecule has 3 aromatic rings. The van der Waals surface area contributed by atoms with E-state index in [4.69, 9.17) is 28.1 Å². The van der Waals surface area contributed by atoms with E-state index in [1.54, 1.807) is 12.1 Å². The number of rotatable bonds is 8. The van der Waals surface area contributed by atoms with Crippen LogP contribution in [0, 0.1) is 11.8 Å². The minimum absolute atomic E-state index is 0.0219. The van der Waals surface area contributed by atoms with Gasteiger partial charge in [-0.05, 0) is 62.3 Å². The third kappa shape index (κ3) is 5.63. The number of benzene rings is 1. The number of imidazole rings is 1. The second kappa shape index (κ2) is 10.5. The van der Waals surface area contributed by atoms with Gasteiger partial charge in [-0.3, -0.25) is 9.59 Å². The van der Waals surface area contributed by atoms with Gasteiger partial charge in [0.25, 0.3) is 5.91 Å². The molecule has 1 saturated carbocycles. The fourth-order valence-electron chi connectivity index (χ4n) is 4.31. The van der Waals surface area contributed by atoms with Crippen LogP contribution in [0.3, 0.4) is 0 Å². The Morgan fingerprint density at radius 3 is 2.52 bits per heavy atom. The van der Waals surface area contributed by atoms with Crippen LogP contribution in [-0.2, 0) is 11.2 Å². The van der Waals surface area contributed by atoms with E-state index in [2.05, 4.69) is 10.3 Å². The van der Waals surface area contributed by atoms with Crippen molar-refractivity contribution in [2.75, 3.05) is 6.54 Å². The first kappa shape index (κ1) is 23.5. The SMILES string of the molecule is NC[C@H]1CC[C@H](C(=O)NC(Cc2ccccc2)c2nc(-c3ccc(C(N)=O)s3)c(Cl)[nH]2)CC1. The molecule has 0 saturated heterocycles. The van der Waals surface area contributed by atoms with Crippen LogP contribution in [0.4, 0.5) is 0 Å². The van der Waals surface area contributed by atoms with Crippen molar-refractivity contribution in [2.24, 2.45) is 23.3 Å². The minimum atomic E-state index is -0.489. The molecule has 2 aromatic heterocycles. The molecule has 33 heavy (non-hydrogen) atoms. The average Bonchev–Trinajstić information content (AvgIpc) is 3.46. The largest absolute Gasteiger partial charge is 0.365 e. The van der Waals surface area contributed by atoms with Crippen LogP contribution in [-0.4, -0.2) is 28.3 Å². The van der Waals surface area contributed by atoms with Gasteiger partial charge in [0.15, 0.2) is 0 Å². The van der Waals surface area contributed by atoms with Crippen LogP contribution in [0.25, 0.3) is 10.6 Å². The number of H-pyrrole nitrogens is 1. The summed E-state index contributed by atoms with van der Waals surface area (Å²) in [5, 5.41) is 3.57. The van der Waals surface area contributed by atoms with Crippen molar-refractivity contribution in [3.8, 4) is 10.6 Å². The quantitative estimate of drug-likeness (QED) is 0.383. The molecule has 0 bridgehead atoms. The van der Waals surface area contributed by atoms with E-state index in [-0.39, 0.29) is 17.9 Å².